The standard InChI is InChI=1S/C13H14BrNOS/c1-9-7-10(3-5-12(9)16-2)15-8-11-4-6-13(14)17-11/h3-7,15H,8H2,1-2H3. The van der Waals surface area contributed by atoms with Gasteiger partial charge in [-0.25, -0.2) is 0 Å². The van der Waals surface area contributed by atoms with Gasteiger partial charge in [0.2, 0.25) is 0 Å². The molecule has 0 atom stereocenters. The summed E-state index contributed by atoms with van der Waals surface area (Å²) < 4.78 is 6.40. The fraction of sp³-hybridized carbons (Fsp3) is 0.231. The number of benzene rings is 1. The van der Waals surface area contributed by atoms with Gasteiger partial charge in [-0.15, -0.1) is 11.3 Å². The highest BCUT2D eigenvalue weighted by atomic mass is 79.9. The van der Waals surface area contributed by atoms with Gasteiger partial charge in [0.1, 0.15) is 5.75 Å². The molecule has 0 spiro atoms. The van der Waals surface area contributed by atoms with Crippen molar-refractivity contribution in [2.75, 3.05) is 12.4 Å². The highest BCUT2D eigenvalue weighted by Crippen LogP contribution is 2.24. The molecule has 0 aliphatic rings. The number of hydrogen-bond donors (Lipinski definition) is 1. The van der Waals surface area contributed by atoms with Crippen LogP contribution in [0.15, 0.2) is 34.1 Å². The van der Waals surface area contributed by atoms with Crippen LogP contribution in [0.4, 0.5) is 5.69 Å². The fourth-order valence-corrected chi connectivity index (χ4v) is 3.05. The second-order valence-corrected chi connectivity index (χ2v) is 6.29. The third-order valence-electron chi connectivity index (χ3n) is 2.49. The molecule has 0 unspecified atom stereocenters. The number of thiophene rings is 1. The van der Waals surface area contributed by atoms with Gasteiger partial charge in [-0.1, -0.05) is 0 Å². The van der Waals surface area contributed by atoms with Crippen molar-refractivity contribution in [1.29, 1.82) is 0 Å². The van der Waals surface area contributed by atoms with Gasteiger partial charge in [-0.2, -0.15) is 0 Å². The zero-order chi connectivity index (χ0) is 12.3. The molecule has 1 aromatic heterocycles. The Morgan fingerprint density at radius 1 is 1.29 bits per heavy atom. The quantitative estimate of drug-likeness (QED) is 0.901. The third kappa shape index (κ3) is 3.23. The number of nitrogens with one attached hydrogen (secondary N) is 1. The summed E-state index contributed by atoms with van der Waals surface area (Å²) in [7, 11) is 1.69. The summed E-state index contributed by atoms with van der Waals surface area (Å²) >= 11 is 5.21. The van der Waals surface area contributed by atoms with Crippen LogP contribution in [-0.2, 0) is 6.54 Å². The van der Waals surface area contributed by atoms with Gasteiger partial charge >= 0.3 is 0 Å². The van der Waals surface area contributed by atoms with E-state index in [1.165, 1.54) is 8.66 Å². The van der Waals surface area contributed by atoms with Gasteiger partial charge in [0.25, 0.3) is 0 Å². The summed E-state index contributed by atoms with van der Waals surface area (Å²) in [6.07, 6.45) is 0. The van der Waals surface area contributed by atoms with E-state index in [9.17, 15) is 0 Å². The Balaban J connectivity index is 2.02. The molecule has 0 fully saturated rings. The van der Waals surface area contributed by atoms with Crippen molar-refractivity contribution in [2.45, 2.75) is 13.5 Å². The number of methoxy groups -OCH3 is 1. The van der Waals surface area contributed by atoms with E-state index in [4.69, 9.17) is 4.74 Å². The van der Waals surface area contributed by atoms with E-state index >= 15 is 0 Å². The number of rotatable bonds is 4. The van der Waals surface area contributed by atoms with Crippen molar-refractivity contribution >= 4 is 33.0 Å². The predicted octanol–water partition coefficient (Wildman–Crippen LogP) is 4.44. The maximum Gasteiger partial charge on any atom is 0.121 e. The van der Waals surface area contributed by atoms with E-state index in [2.05, 4.69) is 39.4 Å². The van der Waals surface area contributed by atoms with Crippen LogP contribution >= 0.6 is 27.3 Å². The Hall–Kier alpha value is -1.00. The van der Waals surface area contributed by atoms with Crippen LogP contribution in [-0.4, -0.2) is 7.11 Å². The van der Waals surface area contributed by atoms with Gasteiger partial charge in [0.05, 0.1) is 10.9 Å². The van der Waals surface area contributed by atoms with Crippen LogP contribution in [0, 0.1) is 6.92 Å². The lowest BCUT2D eigenvalue weighted by atomic mass is 10.2. The molecule has 2 aromatic rings. The Morgan fingerprint density at radius 3 is 2.71 bits per heavy atom. The van der Waals surface area contributed by atoms with Crippen molar-refractivity contribution in [3.63, 3.8) is 0 Å². The van der Waals surface area contributed by atoms with E-state index in [1.807, 2.05) is 19.1 Å². The lowest BCUT2D eigenvalue weighted by Gasteiger charge is -2.09. The van der Waals surface area contributed by atoms with Gasteiger partial charge in [-0.3, -0.25) is 0 Å². The zero-order valence-corrected chi connectivity index (χ0v) is 12.2. The van der Waals surface area contributed by atoms with Crippen LogP contribution in [0.25, 0.3) is 0 Å². The van der Waals surface area contributed by atoms with Crippen LogP contribution in [0.3, 0.4) is 0 Å². The van der Waals surface area contributed by atoms with E-state index in [-0.39, 0.29) is 0 Å². The first-order chi connectivity index (χ1) is 8.19. The predicted molar refractivity (Wildman–Crippen MR) is 77.1 cm³/mol. The average Bonchev–Trinajstić information content (AvgIpc) is 2.73. The van der Waals surface area contributed by atoms with E-state index in [0.29, 0.717) is 0 Å². The minimum absolute atomic E-state index is 0.849. The molecule has 0 saturated carbocycles. The Labute approximate surface area is 114 Å². The lowest BCUT2D eigenvalue weighted by molar-refractivity contribution is 0.412. The Kier molecular flexibility index (Phi) is 4.07. The third-order valence-corrected chi connectivity index (χ3v) is 4.11. The van der Waals surface area contributed by atoms with Gasteiger partial charge in [0.15, 0.2) is 0 Å². The van der Waals surface area contributed by atoms with Crippen LogP contribution in [0.5, 0.6) is 5.75 Å². The highest BCUT2D eigenvalue weighted by molar-refractivity contribution is 9.11. The molecular formula is C13H14BrNOS. The smallest absolute Gasteiger partial charge is 0.121 e. The second kappa shape index (κ2) is 5.56. The highest BCUT2D eigenvalue weighted by Gasteiger charge is 2.01. The summed E-state index contributed by atoms with van der Waals surface area (Å²) in [5.74, 6) is 0.925. The molecule has 0 aliphatic heterocycles. The number of hydrogen-bond acceptors (Lipinski definition) is 3. The van der Waals surface area contributed by atoms with Crippen LogP contribution < -0.4 is 10.1 Å². The maximum absolute atomic E-state index is 5.23. The molecule has 1 heterocycles. The molecular weight excluding hydrogens is 298 g/mol. The minimum atomic E-state index is 0.849. The summed E-state index contributed by atoms with van der Waals surface area (Å²) in [6.45, 7) is 2.90. The van der Waals surface area contributed by atoms with Gasteiger partial charge in [-0.05, 0) is 58.7 Å². The van der Waals surface area contributed by atoms with E-state index in [0.717, 1.165) is 23.5 Å². The molecule has 0 saturated heterocycles. The molecule has 0 amide bonds. The molecule has 0 radical (unpaired) electrons. The number of halogens is 1. The first kappa shape index (κ1) is 12.5. The normalized spacial score (nSPS) is 10.3. The summed E-state index contributed by atoms with van der Waals surface area (Å²) in [4.78, 5) is 1.31. The molecule has 17 heavy (non-hydrogen) atoms. The molecule has 0 aliphatic carbocycles. The first-order valence-electron chi connectivity index (χ1n) is 5.32. The summed E-state index contributed by atoms with van der Waals surface area (Å²) in [5, 5.41) is 3.40. The molecule has 90 valence electrons. The molecule has 1 aromatic carbocycles. The molecule has 0 bridgehead atoms. The van der Waals surface area contributed by atoms with Crippen molar-refractivity contribution in [1.82, 2.24) is 0 Å². The zero-order valence-electron chi connectivity index (χ0n) is 9.79. The first-order valence-corrected chi connectivity index (χ1v) is 6.92. The number of aryl methyl sites for hydroxylation is 1. The number of ether oxygens (including phenoxy) is 1. The van der Waals surface area contributed by atoms with Gasteiger partial charge < -0.3 is 10.1 Å². The monoisotopic (exact) mass is 311 g/mol. The van der Waals surface area contributed by atoms with E-state index < -0.39 is 0 Å². The van der Waals surface area contributed by atoms with Gasteiger partial charge in [0, 0.05) is 17.1 Å². The molecule has 1 N–H and O–H groups in total. The molecule has 2 nitrogen and oxygen atoms in total. The Bertz CT molecular complexity index is 510. The van der Waals surface area contributed by atoms with Crippen LogP contribution in [0.1, 0.15) is 10.4 Å². The second-order valence-electron chi connectivity index (χ2n) is 3.74. The largest absolute Gasteiger partial charge is 0.496 e. The summed E-state index contributed by atoms with van der Waals surface area (Å²) in [5.41, 5.74) is 2.26. The van der Waals surface area contributed by atoms with E-state index in [1.54, 1.807) is 18.4 Å². The topological polar surface area (TPSA) is 21.3 Å². The van der Waals surface area contributed by atoms with Crippen LogP contribution in [0.2, 0.25) is 0 Å². The van der Waals surface area contributed by atoms with Crippen molar-refractivity contribution in [3.8, 4) is 5.75 Å². The molecule has 2 rings (SSSR count). The molecule has 4 heteroatoms. The maximum atomic E-state index is 5.23. The number of anilines is 1. The van der Waals surface area contributed by atoms with Crippen molar-refractivity contribution in [2.24, 2.45) is 0 Å². The Morgan fingerprint density at radius 2 is 2.12 bits per heavy atom. The fourth-order valence-electron chi connectivity index (χ4n) is 1.62. The summed E-state index contributed by atoms with van der Waals surface area (Å²) in [6, 6.07) is 10.3. The van der Waals surface area contributed by atoms with Crippen molar-refractivity contribution < 1.29 is 4.74 Å². The lowest BCUT2D eigenvalue weighted by Crippen LogP contribution is -1.98. The average molecular weight is 312 g/mol. The minimum Gasteiger partial charge on any atom is -0.496 e. The SMILES string of the molecule is COc1ccc(NCc2ccc(Br)s2)cc1C. The van der Waals surface area contributed by atoms with Crippen molar-refractivity contribution in [3.05, 3.63) is 44.6 Å².